The van der Waals surface area contributed by atoms with Crippen LogP contribution < -0.4 is 5.63 Å². The van der Waals surface area contributed by atoms with Gasteiger partial charge in [-0.3, -0.25) is 0 Å². The Balaban J connectivity index is 2.22. The Bertz CT molecular complexity index is 861. The maximum Gasteiger partial charge on any atom is 0.343 e. The minimum atomic E-state index is -0.476. The van der Waals surface area contributed by atoms with Gasteiger partial charge in [0.05, 0.1) is 10.9 Å². The first-order valence-corrected chi connectivity index (χ1v) is 6.86. The first-order chi connectivity index (χ1) is 10.1. The third kappa shape index (κ3) is 2.42. The molecule has 0 aliphatic rings. The smallest absolute Gasteiger partial charge is 0.343 e. The molecule has 1 heterocycles. The first-order valence-electron chi connectivity index (χ1n) is 6.86. The summed E-state index contributed by atoms with van der Waals surface area (Å²) in [5.74, 6) is 0.0249. The number of hydrogen-bond donors (Lipinski definition) is 1. The molecule has 0 atom stereocenters. The Kier molecular flexibility index (Phi) is 3.26. The van der Waals surface area contributed by atoms with Gasteiger partial charge in [-0.15, -0.1) is 0 Å². The van der Waals surface area contributed by atoms with Crippen molar-refractivity contribution in [1.29, 1.82) is 0 Å². The van der Waals surface area contributed by atoms with Gasteiger partial charge in [0.15, 0.2) is 0 Å². The number of aromatic hydroxyl groups is 1. The molecule has 106 valence electrons. The van der Waals surface area contributed by atoms with Crippen LogP contribution in [0.4, 0.5) is 0 Å². The second-order valence-electron chi connectivity index (χ2n) is 5.34. The van der Waals surface area contributed by atoms with Gasteiger partial charge in [-0.1, -0.05) is 36.4 Å². The molecule has 1 aromatic heterocycles. The van der Waals surface area contributed by atoms with Gasteiger partial charge in [0.25, 0.3) is 0 Å². The molecule has 1 N–H and O–H groups in total. The Morgan fingerprint density at radius 1 is 1.10 bits per heavy atom. The van der Waals surface area contributed by atoms with Gasteiger partial charge in [-0.25, -0.2) is 4.79 Å². The molecular formula is C18H16O3. The second kappa shape index (κ2) is 5.09. The number of hydrogen-bond acceptors (Lipinski definition) is 3. The molecule has 0 bridgehead atoms. The van der Waals surface area contributed by atoms with Crippen molar-refractivity contribution < 1.29 is 9.52 Å². The molecule has 0 radical (unpaired) electrons. The van der Waals surface area contributed by atoms with Crippen molar-refractivity contribution in [2.75, 3.05) is 0 Å². The molecule has 0 amide bonds. The van der Waals surface area contributed by atoms with Gasteiger partial charge in [0.1, 0.15) is 11.3 Å². The van der Waals surface area contributed by atoms with Crippen LogP contribution in [0.5, 0.6) is 5.75 Å². The summed E-state index contributed by atoms with van der Waals surface area (Å²) >= 11 is 0. The highest BCUT2D eigenvalue weighted by molar-refractivity contribution is 5.87. The van der Waals surface area contributed by atoms with Crippen LogP contribution in [0, 0.1) is 13.8 Å². The van der Waals surface area contributed by atoms with E-state index < -0.39 is 5.63 Å². The molecule has 0 aliphatic carbocycles. The Labute approximate surface area is 122 Å². The zero-order chi connectivity index (χ0) is 15.0. The van der Waals surface area contributed by atoms with Crippen molar-refractivity contribution in [3.05, 3.63) is 75.1 Å². The topological polar surface area (TPSA) is 50.4 Å². The van der Waals surface area contributed by atoms with E-state index in [1.807, 2.05) is 56.3 Å². The molecule has 3 heteroatoms. The molecule has 3 rings (SSSR count). The molecular weight excluding hydrogens is 264 g/mol. The minimum absolute atomic E-state index is 0.0249. The van der Waals surface area contributed by atoms with E-state index in [-0.39, 0.29) is 5.75 Å². The zero-order valence-electron chi connectivity index (χ0n) is 12.0. The number of fused-ring (bicyclic) bond motifs is 1. The second-order valence-corrected chi connectivity index (χ2v) is 5.34. The van der Waals surface area contributed by atoms with Crippen molar-refractivity contribution in [1.82, 2.24) is 0 Å². The average Bonchev–Trinajstić information content (AvgIpc) is 2.46. The zero-order valence-corrected chi connectivity index (χ0v) is 12.0. The first kappa shape index (κ1) is 13.4. The van der Waals surface area contributed by atoms with Crippen LogP contribution in [0.1, 0.15) is 22.3 Å². The molecule has 0 spiro atoms. The molecule has 3 nitrogen and oxygen atoms in total. The summed E-state index contributed by atoms with van der Waals surface area (Å²) in [4.78, 5) is 12.2. The largest absolute Gasteiger partial charge is 0.507 e. The Morgan fingerprint density at radius 2 is 1.81 bits per heavy atom. The summed E-state index contributed by atoms with van der Waals surface area (Å²) < 4.78 is 5.42. The molecule has 0 aliphatic heterocycles. The van der Waals surface area contributed by atoms with Crippen LogP contribution in [0.25, 0.3) is 11.0 Å². The van der Waals surface area contributed by atoms with Crippen molar-refractivity contribution in [3.63, 3.8) is 0 Å². The summed E-state index contributed by atoms with van der Waals surface area (Å²) in [5, 5.41) is 11.1. The molecule has 3 aromatic rings. The predicted octanol–water partition coefficient (Wildman–Crippen LogP) is 3.71. The van der Waals surface area contributed by atoms with Gasteiger partial charge in [-0.05, 0) is 36.6 Å². The van der Waals surface area contributed by atoms with E-state index in [0.717, 1.165) is 16.7 Å². The third-order valence-electron chi connectivity index (χ3n) is 3.62. The molecule has 0 fully saturated rings. The molecule has 2 aromatic carbocycles. The van der Waals surface area contributed by atoms with Gasteiger partial charge in [0, 0.05) is 6.42 Å². The lowest BCUT2D eigenvalue weighted by atomic mass is 10.0. The van der Waals surface area contributed by atoms with E-state index in [0.29, 0.717) is 23.0 Å². The van der Waals surface area contributed by atoms with E-state index >= 15 is 0 Å². The highest BCUT2D eigenvalue weighted by atomic mass is 16.4. The van der Waals surface area contributed by atoms with Crippen molar-refractivity contribution in [2.24, 2.45) is 0 Å². The van der Waals surface area contributed by atoms with E-state index in [1.54, 1.807) is 0 Å². The Hall–Kier alpha value is -2.55. The highest BCUT2D eigenvalue weighted by Crippen LogP contribution is 2.30. The van der Waals surface area contributed by atoms with Crippen molar-refractivity contribution in [3.8, 4) is 5.75 Å². The van der Waals surface area contributed by atoms with Gasteiger partial charge < -0.3 is 9.52 Å². The molecule has 0 unspecified atom stereocenters. The summed E-state index contributed by atoms with van der Waals surface area (Å²) in [7, 11) is 0. The number of benzene rings is 2. The van der Waals surface area contributed by atoms with Crippen LogP contribution >= 0.6 is 0 Å². The lowest BCUT2D eigenvalue weighted by molar-refractivity contribution is 0.458. The van der Waals surface area contributed by atoms with E-state index in [2.05, 4.69) is 0 Å². The van der Waals surface area contributed by atoms with Crippen LogP contribution in [0.15, 0.2) is 51.7 Å². The van der Waals surface area contributed by atoms with Crippen molar-refractivity contribution in [2.45, 2.75) is 20.3 Å². The summed E-state index contributed by atoms with van der Waals surface area (Å²) in [6.07, 6.45) is 0.359. The van der Waals surface area contributed by atoms with Crippen LogP contribution in [0.2, 0.25) is 0 Å². The minimum Gasteiger partial charge on any atom is -0.507 e. The average molecular weight is 280 g/mol. The van der Waals surface area contributed by atoms with E-state index in [9.17, 15) is 9.90 Å². The third-order valence-corrected chi connectivity index (χ3v) is 3.62. The molecule has 21 heavy (non-hydrogen) atoms. The monoisotopic (exact) mass is 280 g/mol. The number of rotatable bonds is 2. The quantitative estimate of drug-likeness (QED) is 0.728. The molecule has 0 saturated heterocycles. The standard InChI is InChI=1S/C18H16O3/c1-11-8-12(2)17-14(9-11)16(19)15(18(20)21-17)10-13-6-4-3-5-7-13/h3-9,19H,10H2,1-2H3. The number of aryl methyl sites for hydroxylation is 2. The fourth-order valence-corrected chi connectivity index (χ4v) is 2.64. The van der Waals surface area contributed by atoms with Crippen LogP contribution in [-0.2, 0) is 6.42 Å². The van der Waals surface area contributed by atoms with Crippen LogP contribution in [-0.4, -0.2) is 5.11 Å². The van der Waals surface area contributed by atoms with E-state index in [4.69, 9.17) is 4.42 Å². The van der Waals surface area contributed by atoms with Crippen LogP contribution in [0.3, 0.4) is 0 Å². The van der Waals surface area contributed by atoms with Gasteiger partial charge in [-0.2, -0.15) is 0 Å². The molecule has 0 saturated carbocycles. The normalized spacial score (nSPS) is 11.0. The van der Waals surface area contributed by atoms with Gasteiger partial charge in [0.2, 0.25) is 0 Å². The predicted molar refractivity (Wildman–Crippen MR) is 82.9 cm³/mol. The maximum atomic E-state index is 12.2. The fourth-order valence-electron chi connectivity index (χ4n) is 2.64. The lowest BCUT2D eigenvalue weighted by Crippen LogP contribution is -2.09. The lowest BCUT2D eigenvalue weighted by Gasteiger charge is -2.09. The SMILES string of the molecule is Cc1cc(C)c2oc(=O)c(Cc3ccccc3)c(O)c2c1. The van der Waals surface area contributed by atoms with Crippen molar-refractivity contribution >= 4 is 11.0 Å². The Morgan fingerprint density at radius 3 is 2.52 bits per heavy atom. The summed E-state index contributed by atoms with van der Waals surface area (Å²) in [6, 6.07) is 13.3. The van der Waals surface area contributed by atoms with Gasteiger partial charge >= 0.3 is 5.63 Å². The van der Waals surface area contributed by atoms with E-state index in [1.165, 1.54) is 0 Å². The summed E-state index contributed by atoms with van der Waals surface area (Å²) in [5.41, 5.74) is 3.12. The summed E-state index contributed by atoms with van der Waals surface area (Å²) in [6.45, 7) is 3.82. The maximum absolute atomic E-state index is 12.2. The fraction of sp³-hybridized carbons (Fsp3) is 0.167. The highest BCUT2D eigenvalue weighted by Gasteiger charge is 2.15.